The first-order valence-electron chi connectivity index (χ1n) is 2.93. The van der Waals surface area contributed by atoms with Crippen molar-refractivity contribution in [2.24, 2.45) is 0 Å². The highest BCUT2D eigenvalue weighted by atomic mass is 14.1. The molecule has 2 heterocycles. The lowest BCUT2D eigenvalue weighted by Gasteiger charge is -1.91. The maximum absolute atomic E-state index is 2.30. The van der Waals surface area contributed by atoms with Crippen LogP contribution >= 0.6 is 0 Å². The van der Waals surface area contributed by atoms with Gasteiger partial charge in [0.05, 0.1) is 13.2 Å². The summed E-state index contributed by atoms with van der Waals surface area (Å²) in [6, 6.07) is 0. The Morgan fingerprint density at radius 2 is 2.33 bits per heavy atom. The standard InChI is InChI=1S/C4H8B2/c1-2-4-5-3-6(4)5/h4H,2-3H2,1H3. The van der Waals surface area contributed by atoms with Crippen LogP contribution < -0.4 is 0 Å². The van der Waals surface area contributed by atoms with Crippen LogP contribution in [0.1, 0.15) is 13.3 Å². The van der Waals surface area contributed by atoms with Crippen LogP contribution in [0.5, 0.6) is 0 Å². The average Bonchev–Trinajstić information content (AvgIpc) is 2.12. The van der Waals surface area contributed by atoms with Crippen LogP contribution in [0.3, 0.4) is 0 Å². The predicted octanol–water partition coefficient (Wildman–Crippen LogP) is 0.940. The molecule has 6 heavy (non-hydrogen) atoms. The Balaban J connectivity index is 1.92. The molecule has 0 spiro atoms. The molecule has 2 heteroatoms. The van der Waals surface area contributed by atoms with Gasteiger partial charge in [-0.25, -0.2) is 0 Å². The highest BCUT2D eigenvalue weighted by Crippen LogP contribution is 2.56. The van der Waals surface area contributed by atoms with E-state index in [4.69, 9.17) is 0 Å². The lowest BCUT2D eigenvalue weighted by molar-refractivity contribution is 1.02. The van der Waals surface area contributed by atoms with E-state index in [1.54, 1.807) is 6.22 Å². The zero-order chi connectivity index (χ0) is 4.15. The first-order valence-corrected chi connectivity index (χ1v) is 2.93. The summed E-state index contributed by atoms with van der Waals surface area (Å²) < 4.78 is 0. The fraction of sp³-hybridized carbons (Fsp3) is 1.00. The molecule has 0 aromatic carbocycles. The van der Waals surface area contributed by atoms with Crippen LogP contribution in [0.4, 0.5) is 0 Å². The molecule has 30 valence electrons. The van der Waals surface area contributed by atoms with Gasteiger partial charge in [-0.3, -0.25) is 0 Å². The summed E-state index contributed by atoms with van der Waals surface area (Å²) in [5, 5.41) is 0. The Bertz CT molecular complexity index is 73.6. The van der Waals surface area contributed by atoms with Crippen molar-refractivity contribution in [3.05, 3.63) is 0 Å². The van der Waals surface area contributed by atoms with Gasteiger partial charge >= 0.3 is 0 Å². The Kier molecular flexibility index (Phi) is 0.374. The summed E-state index contributed by atoms with van der Waals surface area (Å²) in [6.45, 7) is 4.77. The topological polar surface area (TPSA) is 0 Å². The fourth-order valence-corrected chi connectivity index (χ4v) is 1.52. The molecule has 2 rings (SSSR count). The minimum atomic E-state index is 1.20. The molecule has 0 nitrogen and oxygen atoms in total. The van der Waals surface area contributed by atoms with Gasteiger partial charge in [0, 0.05) is 0 Å². The van der Waals surface area contributed by atoms with Gasteiger partial charge in [0.2, 0.25) is 0 Å². The number of hydrogen-bond acceptors (Lipinski definition) is 0. The molecule has 0 N–H and O–H groups in total. The Hall–Kier alpha value is 0.130. The first-order chi connectivity index (χ1) is 2.93. The third-order valence-corrected chi connectivity index (χ3v) is 2.32. The van der Waals surface area contributed by atoms with Crippen LogP contribution in [-0.2, 0) is 0 Å². The van der Waals surface area contributed by atoms with Crippen LogP contribution in [0.2, 0.25) is 11.9 Å². The third kappa shape index (κ3) is 0.203. The third-order valence-electron chi connectivity index (χ3n) is 2.32. The number of fused-ring (bicyclic) bond motifs is 1. The minimum Gasteiger partial charge on any atom is -0.107 e. The maximum Gasteiger partial charge on any atom is 0.0947 e. The highest BCUT2D eigenvalue weighted by Gasteiger charge is 2.67. The molecule has 2 fully saturated rings. The summed E-state index contributed by atoms with van der Waals surface area (Å²) in [7, 11) is 0. The molecular formula is C4H8B2. The number of hydrogen-bond donors (Lipinski definition) is 0. The van der Waals surface area contributed by atoms with Crippen LogP contribution in [0.25, 0.3) is 0 Å². The van der Waals surface area contributed by atoms with Gasteiger partial charge in [-0.1, -0.05) is 19.1 Å². The van der Waals surface area contributed by atoms with Crippen molar-refractivity contribution < 1.29 is 0 Å². The lowest BCUT2D eigenvalue weighted by Crippen LogP contribution is -1.83. The van der Waals surface area contributed by atoms with Crippen LogP contribution in [0.15, 0.2) is 0 Å². The van der Waals surface area contributed by atoms with E-state index >= 15 is 0 Å². The van der Waals surface area contributed by atoms with E-state index in [0.29, 0.717) is 0 Å². The molecular weight excluding hydrogens is 69.7 g/mol. The monoisotopic (exact) mass is 78.1 g/mol. The molecule has 0 aromatic heterocycles. The molecule has 2 saturated heterocycles. The van der Waals surface area contributed by atoms with Gasteiger partial charge in [0.15, 0.2) is 0 Å². The highest BCUT2D eigenvalue weighted by molar-refractivity contribution is 7.59. The van der Waals surface area contributed by atoms with Gasteiger partial charge in [0.25, 0.3) is 0 Å². The molecule has 0 amide bonds. The molecule has 0 aliphatic carbocycles. The molecule has 2 aliphatic rings. The zero-order valence-corrected chi connectivity index (χ0v) is 4.15. The summed E-state index contributed by atoms with van der Waals surface area (Å²) in [5.41, 5.74) is 1.20. The van der Waals surface area contributed by atoms with E-state index in [1.165, 1.54) is 25.3 Å². The van der Waals surface area contributed by atoms with Crippen LogP contribution in [-0.4, -0.2) is 13.2 Å². The predicted molar refractivity (Wildman–Crippen MR) is 30.4 cm³/mol. The van der Waals surface area contributed by atoms with Crippen molar-refractivity contribution in [1.82, 2.24) is 0 Å². The fourth-order valence-electron chi connectivity index (χ4n) is 1.52. The average molecular weight is 77.7 g/mol. The van der Waals surface area contributed by atoms with Crippen molar-refractivity contribution in [1.29, 1.82) is 0 Å². The molecule has 2 aliphatic heterocycles. The summed E-state index contributed by atoms with van der Waals surface area (Å²) in [4.78, 5) is 0. The quantitative estimate of drug-likeness (QED) is 0.409. The summed E-state index contributed by atoms with van der Waals surface area (Å²) in [6.07, 6.45) is 3.04. The van der Waals surface area contributed by atoms with Crippen molar-refractivity contribution >= 4 is 13.2 Å². The maximum atomic E-state index is 2.30. The van der Waals surface area contributed by atoms with E-state index in [-0.39, 0.29) is 0 Å². The minimum absolute atomic E-state index is 1.20. The summed E-state index contributed by atoms with van der Waals surface area (Å²) in [5.74, 6) is 0. The van der Waals surface area contributed by atoms with E-state index in [0.717, 1.165) is 0 Å². The molecule has 0 atom stereocenters. The zero-order valence-electron chi connectivity index (χ0n) is 4.15. The molecule has 0 radical (unpaired) electrons. The largest absolute Gasteiger partial charge is 0.107 e. The van der Waals surface area contributed by atoms with E-state index in [9.17, 15) is 0 Å². The van der Waals surface area contributed by atoms with Crippen molar-refractivity contribution in [3.63, 3.8) is 0 Å². The van der Waals surface area contributed by atoms with E-state index < -0.39 is 0 Å². The molecule has 0 bridgehead atoms. The molecule has 0 aromatic rings. The number of rotatable bonds is 1. The van der Waals surface area contributed by atoms with Gasteiger partial charge in [-0.2, -0.15) is 0 Å². The Morgan fingerprint density at radius 3 is 2.33 bits per heavy atom. The summed E-state index contributed by atoms with van der Waals surface area (Å²) >= 11 is 0. The van der Waals surface area contributed by atoms with Gasteiger partial charge in [-0.05, 0) is 0 Å². The van der Waals surface area contributed by atoms with E-state index in [1.807, 2.05) is 0 Å². The molecule has 0 unspecified atom stereocenters. The van der Waals surface area contributed by atoms with Crippen molar-refractivity contribution in [3.8, 4) is 0 Å². The van der Waals surface area contributed by atoms with Crippen molar-refractivity contribution in [2.75, 3.05) is 0 Å². The Labute approximate surface area is 39.5 Å². The lowest BCUT2D eigenvalue weighted by atomic mass is 9.75. The first kappa shape index (κ1) is 3.17. The smallest absolute Gasteiger partial charge is 0.0947 e. The second-order valence-electron chi connectivity index (χ2n) is 2.64. The van der Waals surface area contributed by atoms with Gasteiger partial charge < -0.3 is 0 Å². The Morgan fingerprint density at radius 1 is 1.67 bits per heavy atom. The van der Waals surface area contributed by atoms with Gasteiger partial charge in [-0.15, -0.1) is 6.22 Å². The van der Waals surface area contributed by atoms with Gasteiger partial charge in [0.1, 0.15) is 0 Å². The molecule has 0 saturated carbocycles. The SMILES string of the molecule is CCC1B2CB21. The van der Waals surface area contributed by atoms with Crippen molar-refractivity contribution in [2.45, 2.75) is 25.3 Å². The second-order valence-corrected chi connectivity index (χ2v) is 2.64. The normalized spacial score (nSPS) is 27.5. The second kappa shape index (κ2) is 0.706. The van der Waals surface area contributed by atoms with Crippen LogP contribution in [0, 0.1) is 0 Å². The van der Waals surface area contributed by atoms with E-state index in [2.05, 4.69) is 6.92 Å².